The van der Waals surface area contributed by atoms with Gasteiger partial charge in [0.1, 0.15) is 13.5 Å². The van der Waals surface area contributed by atoms with Crippen LogP contribution in [0, 0.1) is 0 Å². The molecule has 0 aromatic carbocycles. The molecule has 0 heterocycles. The smallest absolute Gasteiger partial charge is 0.115 e. The average Bonchev–Trinajstić information content (AvgIpc) is 2.26. The molecule has 0 saturated heterocycles. The highest BCUT2D eigenvalue weighted by molar-refractivity contribution is 4.31. The van der Waals surface area contributed by atoms with E-state index in [9.17, 15) is 0 Å². The maximum absolute atomic E-state index is 5.16. The molecule has 0 bridgehead atoms. The predicted molar refractivity (Wildman–Crippen MR) is 56.8 cm³/mol. The molecular formula is C10H22NO4. The van der Waals surface area contributed by atoms with Crippen molar-refractivity contribution in [2.24, 2.45) is 0 Å². The summed E-state index contributed by atoms with van der Waals surface area (Å²) in [4.78, 5) is 0. The van der Waals surface area contributed by atoms with Crippen LogP contribution < -0.4 is 5.32 Å². The molecule has 0 amide bonds. The highest BCUT2D eigenvalue weighted by Crippen LogP contribution is 1.79. The van der Waals surface area contributed by atoms with Crippen LogP contribution in [-0.2, 0) is 18.9 Å². The van der Waals surface area contributed by atoms with Crippen LogP contribution in [0.2, 0.25) is 0 Å². The van der Waals surface area contributed by atoms with Crippen LogP contribution in [0.25, 0.3) is 0 Å². The average molecular weight is 220 g/mol. The van der Waals surface area contributed by atoms with Crippen LogP contribution >= 0.6 is 0 Å². The summed E-state index contributed by atoms with van der Waals surface area (Å²) < 4.78 is 20.5. The lowest BCUT2D eigenvalue weighted by atomic mass is 10.7. The Morgan fingerprint density at radius 3 is 1.47 bits per heavy atom. The van der Waals surface area contributed by atoms with Gasteiger partial charge in [0, 0.05) is 13.2 Å². The molecule has 1 radical (unpaired) electrons. The van der Waals surface area contributed by atoms with Crippen molar-refractivity contribution in [3.8, 4) is 0 Å². The van der Waals surface area contributed by atoms with Crippen molar-refractivity contribution < 1.29 is 18.9 Å². The zero-order valence-electron chi connectivity index (χ0n) is 9.74. The monoisotopic (exact) mass is 220 g/mol. The summed E-state index contributed by atoms with van der Waals surface area (Å²) in [6.45, 7) is 8.49. The molecule has 0 aliphatic carbocycles. The van der Waals surface area contributed by atoms with Gasteiger partial charge in [-0.1, -0.05) is 0 Å². The van der Waals surface area contributed by atoms with Crippen molar-refractivity contribution >= 4 is 0 Å². The summed E-state index contributed by atoms with van der Waals surface area (Å²) in [7, 11) is 0. The van der Waals surface area contributed by atoms with Crippen molar-refractivity contribution in [3.63, 3.8) is 0 Å². The van der Waals surface area contributed by atoms with Crippen molar-refractivity contribution in [2.45, 2.75) is 13.8 Å². The van der Waals surface area contributed by atoms with Gasteiger partial charge >= 0.3 is 0 Å². The fourth-order valence-corrected chi connectivity index (χ4v) is 0.820. The van der Waals surface area contributed by atoms with Crippen LogP contribution in [0.3, 0.4) is 0 Å². The molecule has 0 unspecified atom stereocenters. The molecule has 0 atom stereocenters. The Kier molecular flexibility index (Phi) is 13.6. The number of hydrogen-bond donors (Lipinski definition) is 0. The predicted octanol–water partition coefficient (Wildman–Crippen LogP) is 0.612. The van der Waals surface area contributed by atoms with Crippen molar-refractivity contribution in [1.82, 2.24) is 5.32 Å². The summed E-state index contributed by atoms with van der Waals surface area (Å²) in [6, 6.07) is 0. The van der Waals surface area contributed by atoms with Crippen molar-refractivity contribution in [2.75, 3.05) is 53.1 Å². The lowest BCUT2D eigenvalue weighted by molar-refractivity contribution is 0.00917. The van der Waals surface area contributed by atoms with E-state index in [1.54, 1.807) is 0 Å². The second-order valence-corrected chi connectivity index (χ2v) is 2.69. The summed E-state index contributed by atoms with van der Waals surface area (Å²) >= 11 is 0. The third-order valence-corrected chi connectivity index (χ3v) is 1.52. The van der Waals surface area contributed by atoms with E-state index in [1.807, 2.05) is 13.8 Å². The molecule has 0 aliphatic heterocycles. The molecule has 0 aliphatic rings. The molecule has 5 heteroatoms. The summed E-state index contributed by atoms with van der Waals surface area (Å²) in [5.74, 6) is 0. The normalized spacial score (nSPS) is 10.8. The van der Waals surface area contributed by atoms with Crippen molar-refractivity contribution in [1.29, 1.82) is 0 Å². The maximum atomic E-state index is 5.16. The molecule has 0 fully saturated rings. The number of hydrogen-bond acceptors (Lipinski definition) is 4. The molecule has 5 nitrogen and oxygen atoms in total. The zero-order chi connectivity index (χ0) is 11.2. The number of rotatable bonds is 12. The van der Waals surface area contributed by atoms with E-state index in [0.29, 0.717) is 39.9 Å². The molecule has 91 valence electrons. The first-order valence-corrected chi connectivity index (χ1v) is 5.36. The van der Waals surface area contributed by atoms with E-state index in [2.05, 4.69) is 5.32 Å². The van der Waals surface area contributed by atoms with Gasteiger partial charge in [0.25, 0.3) is 0 Å². The largest absolute Gasteiger partial charge is 0.379 e. The number of ether oxygens (including phenoxy) is 4. The van der Waals surface area contributed by atoms with Gasteiger partial charge in [-0.25, -0.2) is 0 Å². The van der Waals surface area contributed by atoms with Crippen LogP contribution in [0.4, 0.5) is 0 Å². The Bertz CT molecular complexity index is 102. The third kappa shape index (κ3) is 13.8. The van der Waals surface area contributed by atoms with Gasteiger partial charge in [0.05, 0.1) is 26.4 Å². The lowest BCUT2D eigenvalue weighted by Gasteiger charge is -2.05. The minimum atomic E-state index is 0.363. The first-order chi connectivity index (χ1) is 7.41. The molecule has 0 N–H and O–H groups in total. The van der Waals surface area contributed by atoms with Crippen LogP contribution in [-0.4, -0.2) is 53.1 Å². The van der Waals surface area contributed by atoms with E-state index >= 15 is 0 Å². The molecule has 0 rings (SSSR count). The first kappa shape index (κ1) is 14.8. The zero-order valence-corrected chi connectivity index (χ0v) is 9.74. The van der Waals surface area contributed by atoms with E-state index < -0.39 is 0 Å². The molecule has 15 heavy (non-hydrogen) atoms. The van der Waals surface area contributed by atoms with Gasteiger partial charge in [-0.05, 0) is 13.8 Å². The van der Waals surface area contributed by atoms with E-state index in [4.69, 9.17) is 18.9 Å². The third-order valence-electron chi connectivity index (χ3n) is 1.52. The minimum absolute atomic E-state index is 0.363. The lowest BCUT2D eigenvalue weighted by Crippen LogP contribution is -2.17. The van der Waals surface area contributed by atoms with Gasteiger partial charge in [0.15, 0.2) is 0 Å². The standard InChI is InChI=1S/C10H22NO4/c1-3-12-5-7-14-9-11-10-15-8-6-13-4-2/h3-10H2,1-2H3. The second-order valence-electron chi connectivity index (χ2n) is 2.69. The fraction of sp³-hybridized carbons (Fsp3) is 1.00. The van der Waals surface area contributed by atoms with Crippen LogP contribution in [0.15, 0.2) is 0 Å². The highest BCUT2D eigenvalue weighted by atomic mass is 16.5. The van der Waals surface area contributed by atoms with E-state index in [1.165, 1.54) is 0 Å². The first-order valence-electron chi connectivity index (χ1n) is 5.36. The Morgan fingerprint density at radius 1 is 0.667 bits per heavy atom. The quantitative estimate of drug-likeness (QED) is 0.452. The topological polar surface area (TPSA) is 51.0 Å². The Labute approximate surface area is 92.0 Å². The van der Waals surface area contributed by atoms with Gasteiger partial charge in [0.2, 0.25) is 0 Å². The van der Waals surface area contributed by atoms with Crippen LogP contribution in [0.1, 0.15) is 13.8 Å². The molecule has 0 saturated carbocycles. The van der Waals surface area contributed by atoms with E-state index in [-0.39, 0.29) is 0 Å². The van der Waals surface area contributed by atoms with Gasteiger partial charge < -0.3 is 18.9 Å². The molecular weight excluding hydrogens is 198 g/mol. The molecule has 0 spiro atoms. The molecule has 0 aromatic heterocycles. The summed E-state index contributed by atoms with van der Waals surface area (Å²) in [5, 5.41) is 4.01. The van der Waals surface area contributed by atoms with Crippen molar-refractivity contribution in [3.05, 3.63) is 0 Å². The SMILES string of the molecule is CCOCCOC[N]COCCOCC. The minimum Gasteiger partial charge on any atom is -0.379 e. The summed E-state index contributed by atoms with van der Waals surface area (Å²) in [5.41, 5.74) is 0. The fourth-order valence-electron chi connectivity index (χ4n) is 0.820. The second kappa shape index (κ2) is 13.8. The summed E-state index contributed by atoms with van der Waals surface area (Å²) in [6.07, 6.45) is 0. The Morgan fingerprint density at radius 2 is 1.07 bits per heavy atom. The molecule has 0 aromatic rings. The Hall–Kier alpha value is -0.200. The van der Waals surface area contributed by atoms with E-state index in [0.717, 1.165) is 13.2 Å². The van der Waals surface area contributed by atoms with Gasteiger partial charge in [-0.3, -0.25) is 0 Å². The van der Waals surface area contributed by atoms with Gasteiger partial charge in [-0.2, -0.15) is 5.32 Å². The Balaban J connectivity index is 2.81. The van der Waals surface area contributed by atoms with Crippen LogP contribution in [0.5, 0.6) is 0 Å². The highest BCUT2D eigenvalue weighted by Gasteiger charge is 1.90. The number of nitrogens with zero attached hydrogens (tertiary/aromatic N) is 1. The van der Waals surface area contributed by atoms with Gasteiger partial charge in [-0.15, -0.1) is 0 Å². The maximum Gasteiger partial charge on any atom is 0.115 e.